The summed E-state index contributed by atoms with van der Waals surface area (Å²) in [6.45, 7) is 5.71. The number of amides is 2. The first-order valence-electron chi connectivity index (χ1n) is 7.39. The Morgan fingerprint density at radius 3 is 2.88 bits per heavy atom. The molecule has 7 nitrogen and oxygen atoms in total. The summed E-state index contributed by atoms with van der Waals surface area (Å²) in [5.74, 6) is 0. The summed E-state index contributed by atoms with van der Waals surface area (Å²) in [6.07, 6.45) is 3.32. The Bertz CT molecular complexity index is 682. The number of hydrogen-bond donors (Lipinski definition) is 3. The highest BCUT2D eigenvalue weighted by Gasteiger charge is 2.07. The van der Waals surface area contributed by atoms with Gasteiger partial charge in [-0.25, -0.2) is 4.79 Å². The second-order valence-corrected chi connectivity index (χ2v) is 6.07. The monoisotopic (exact) mass is 348 g/mol. The number of urea groups is 1. The van der Waals surface area contributed by atoms with E-state index in [1.54, 1.807) is 12.4 Å². The van der Waals surface area contributed by atoms with Crippen molar-refractivity contribution in [2.24, 2.45) is 0 Å². The van der Waals surface area contributed by atoms with Crippen molar-refractivity contribution in [2.45, 2.75) is 31.7 Å². The molecule has 2 rings (SSSR count). The molecule has 2 aromatic rings. The molecule has 1 heterocycles. The first-order chi connectivity index (χ1) is 11.5. The summed E-state index contributed by atoms with van der Waals surface area (Å²) in [4.78, 5) is 20.8. The second kappa shape index (κ2) is 9.11. The van der Waals surface area contributed by atoms with E-state index >= 15 is 0 Å². The van der Waals surface area contributed by atoms with Gasteiger partial charge in [0.1, 0.15) is 0 Å². The van der Waals surface area contributed by atoms with E-state index in [2.05, 4.69) is 26.1 Å². The number of rotatable bonds is 7. The molecule has 0 unspecified atom stereocenters. The van der Waals surface area contributed by atoms with Crippen LogP contribution in [-0.2, 0) is 9.32 Å². The number of anilines is 2. The van der Waals surface area contributed by atoms with Crippen LogP contribution in [0, 0.1) is 6.92 Å². The third kappa shape index (κ3) is 6.07. The fourth-order valence-electron chi connectivity index (χ4n) is 1.83. The van der Waals surface area contributed by atoms with E-state index in [4.69, 9.17) is 4.33 Å². The predicted octanol–water partition coefficient (Wildman–Crippen LogP) is 3.71. The quantitative estimate of drug-likeness (QED) is 0.306. The average Bonchev–Trinajstić information content (AvgIpc) is 2.52. The number of aryl methyl sites for hydroxylation is 1. The molecule has 0 spiro atoms. The zero-order chi connectivity index (χ0) is 17.4. The Kier molecular flexibility index (Phi) is 6.86. The van der Waals surface area contributed by atoms with Crippen molar-refractivity contribution >= 4 is 29.4 Å². The Balaban J connectivity index is 1.88. The molecule has 128 valence electrons. The van der Waals surface area contributed by atoms with Crippen molar-refractivity contribution < 1.29 is 14.1 Å². The second-order valence-electron chi connectivity index (χ2n) is 5.33. The Morgan fingerprint density at radius 2 is 2.12 bits per heavy atom. The lowest BCUT2D eigenvalue weighted by molar-refractivity contribution is -0.228. The summed E-state index contributed by atoms with van der Waals surface area (Å²) in [7, 11) is 0. The maximum atomic E-state index is 11.3. The first-order valence-corrected chi connectivity index (χ1v) is 8.13. The van der Waals surface area contributed by atoms with E-state index < -0.39 is 6.03 Å². The van der Waals surface area contributed by atoms with Crippen LogP contribution in [-0.4, -0.2) is 17.1 Å². The largest absolute Gasteiger partial charge is 0.354 e. The smallest absolute Gasteiger partial charge is 0.341 e. The fraction of sp³-hybridized carbons (Fsp3) is 0.250. The van der Waals surface area contributed by atoms with E-state index in [-0.39, 0.29) is 6.04 Å². The molecule has 0 atom stereocenters. The highest BCUT2D eigenvalue weighted by Crippen LogP contribution is 2.29. The minimum Gasteiger partial charge on any atom is -0.354 e. The van der Waals surface area contributed by atoms with Gasteiger partial charge in [0.15, 0.2) is 0 Å². The summed E-state index contributed by atoms with van der Waals surface area (Å²) in [5.41, 5.74) is 5.06. The Morgan fingerprint density at radius 1 is 1.29 bits per heavy atom. The lowest BCUT2D eigenvalue weighted by Gasteiger charge is -2.11. The zero-order valence-corrected chi connectivity index (χ0v) is 14.5. The average molecular weight is 348 g/mol. The molecule has 0 aliphatic carbocycles. The van der Waals surface area contributed by atoms with E-state index in [1.165, 1.54) is 0 Å². The molecule has 0 aliphatic rings. The number of benzene rings is 1. The molecule has 3 N–H and O–H groups in total. The minimum absolute atomic E-state index is 0.00436. The molecule has 0 radical (unpaired) electrons. The number of carbonyl (C=O) groups excluding carboxylic acids is 1. The van der Waals surface area contributed by atoms with Gasteiger partial charge in [0.25, 0.3) is 0 Å². The van der Waals surface area contributed by atoms with Crippen LogP contribution in [0.15, 0.2) is 47.6 Å². The minimum atomic E-state index is -0.477. The van der Waals surface area contributed by atoms with Crippen LogP contribution in [0.1, 0.15) is 19.4 Å². The molecule has 1 aromatic carbocycles. The van der Waals surface area contributed by atoms with E-state index in [1.807, 2.05) is 51.1 Å². The third-order valence-electron chi connectivity index (χ3n) is 2.79. The molecular weight excluding hydrogens is 328 g/mol. The Labute approximate surface area is 145 Å². The van der Waals surface area contributed by atoms with Crippen LogP contribution < -0.4 is 16.1 Å². The summed E-state index contributed by atoms with van der Waals surface area (Å²) in [6, 6.07) is 9.36. The van der Waals surface area contributed by atoms with Gasteiger partial charge < -0.3 is 10.6 Å². The number of aromatic nitrogens is 1. The lowest BCUT2D eigenvalue weighted by Crippen LogP contribution is -2.39. The van der Waals surface area contributed by atoms with E-state index in [9.17, 15) is 4.79 Å². The molecule has 0 saturated carbocycles. The standard InChI is InChI=1S/C16H20N4O3S/c1-11(2)18-16(21)20-22-23-24-15-10-17-8-7-14(15)19-13-6-4-5-12(3)9-13/h4-11H,1-3H3,(H,17,19)(H2,18,20,21). The lowest BCUT2D eigenvalue weighted by atomic mass is 10.2. The van der Waals surface area contributed by atoms with Gasteiger partial charge in [0.05, 0.1) is 22.6 Å². The maximum absolute atomic E-state index is 11.3. The molecule has 0 saturated heterocycles. The van der Waals surface area contributed by atoms with Crippen molar-refractivity contribution in [2.75, 3.05) is 5.32 Å². The van der Waals surface area contributed by atoms with Gasteiger partial charge in [-0.3, -0.25) is 4.98 Å². The van der Waals surface area contributed by atoms with Crippen LogP contribution in [0.25, 0.3) is 0 Å². The van der Waals surface area contributed by atoms with Crippen molar-refractivity contribution in [3.63, 3.8) is 0 Å². The SMILES string of the molecule is Cc1cccc(Nc2ccncc2SOONC(=O)NC(C)C)c1. The zero-order valence-electron chi connectivity index (χ0n) is 13.7. The van der Waals surface area contributed by atoms with Crippen molar-refractivity contribution in [1.29, 1.82) is 0 Å². The van der Waals surface area contributed by atoms with E-state index in [0.29, 0.717) is 4.90 Å². The molecule has 24 heavy (non-hydrogen) atoms. The van der Waals surface area contributed by atoms with Crippen LogP contribution in [0.2, 0.25) is 0 Å². The molecule has 2 amide bonds. The number of nitrogens with zero attached hydrogens (tertiary/aromatic N) is 1. The van der Waals surface area contributed by atoms with Crippen LogP contribution in [0.3, 0.4) is 0 Å². The molecule has 0 aliphatic heterocycles. The maximum Gasteiger partial charge on any atom is 0.341 e. The summed E-state index contributed by atoms with van der Waals surface area (Å²) >= 11 is 0.942. The van der Waals surface area contributed by atoms with Gasteiger partial charge in [0.2, 0.25) is 0 Å². The van der Waals surface area contributed by atoms with Gasteiger partial charge >= 0.3 is 6.03 Å². The number of pyridine rings is 1. The van der Waals surface area contributed by atoms with Gasteiger partial charge in [-0.1, -0.05) is 17.1 Å². The predicted molar refractivity (Wildman–Crippen MR) is 93.5 cm³/mol. The topological polar surface area (TPSA) is 84.5 Å². The van der Waals surface area contributed by atoms with Crippen molar-refractivity contribution in [3.8, 4) is 0 Å². The number of nitrogens with one attached hydrogen (secondary N) is 3. The normalized spacial score (nSPS) is 10.5. The first kappa shape index (κ1) is 18.1. The van der Waals surface area contributed by atoms with Gasteiger partial charge in [-0.15, -0.1) is 4.33 Å². The summed E-state index contributed by atoms with van der Waals surface area (Å²) < 4.78 is 4.94. The number of hydroxylamine groups is 1. The molecule has 8 heteroatoms. The van der Waals surface area contributed by atoms with Crippen molar-refractivity contribution in [3.05, 3.63) is 48.3 Å². The Hall–Kier alpha value is -2.29. The highest BCUT2D eigenvalue weighted by atomic mass is 32.2. The highest BCUT2D eigenvalue weighted by molar-refractivity contribution is 7.94. The number of carbonyl (C=O) groups is 1. The fourth-order valence-corrected chi connectivity index (χ4v) is 2.28. The van der Waals surface area contributed by atoms with Crippen LogP contribution in [0.4, 0.5) is 16.2 Å². The van der Waals surface area contributed by atoms with Crippen LogP contribution >= 0.6 is 12.0 Å². The molecular formula is C16H20N4O3S. The van der Waals surface area contributed by atoms with Crippen LogP contribution in [0.5, 0.6) is 0 Å². The molecule has 0 fully saturated rings. The number of hydrogen-bond acceptors (Lipinski definition) is 6. The van der Waals surface area contributed by atoms with E-state index in [0.717, 1.165) is 29.0 Å². The van der Waals surface area contributed by atoms with Gasteiger partial charge in [0, 0.05) is 24.1 Å². The van der Waals surface area contributed by atoms with Gasteiger partial charge in [-0.2, -0.15) is 5.48 Å². The third-order valence-corrected chi connectivity index (χ3v) is 3.43. The summed E-state index contributed by atoms with van der Waals surface area (Å²) in [5, 5.41) is 5.89. The van der Waals surface area contributed by atoms with Crippen molar-refractivity contribution in [1.82, 2.24) is 15.8 Å². The van der Waals surface area contributed by atoms with Gasteiger partial charge in [-0.05, 0) is 44.5 Å². The molecule has 0 bridgehead atoms. The molecule has 1 aromatic heterocycles.